The number of benzene rings is 2. The van der Waals surface area contributed by atoms with E-state index in [0.29, 0.717) is 22.3 Å². The number of carbonyl (C=O) groups excluding carboxylic acids is 1. The van der Waals surface area contributed by atoms with E-state index >= 15 is 0 Å². The van der Waals surface area contributed by atoms with Crippen LogP contribution in [-0.4, -0.2) is 29.2 Å². The fourth-order valence-electron chi connectivity index (χ4n) is 3.69. The number of Topliss-reactive ketones (excluding diaryl/α,β-unsaturated/α-hetero) is 1. The molecular formula is C19H22O4. The van der Waals surface area contributed by atoms with Crippen LogP contribution < -0.4 is 4.74 Å². The molecule has 4 nitrogen and oxygen atoms in total. The van der Waals surface area contributed by atoms with Gasteiger partial charge in [0, 0.05) is 11.3 Å². The molecule has 0 aliphatic heterocycles. The highest BCUT2D eigenvalue weighted by atomic mass is 16.5. The van der Waals surface area contributed by atoms with E-state index in [-0.39, 0.29) is 17.5 Å². The van der Waals surface area contributed by atoms with Crippen molar-refractivity contribution >= 4 is 16.6 Å². The Bertz CT molecular complexity index is 820. The van der Waals surface area contributed by atoms with Gasteiger partial charge >= 0.3 is 0 Å². The highest BCUT2D eigenvalue weighted by Gasteiger charge is 2.47. The molecule has 23 heavy (non-hydrogen) atoms. The molecule has 2 atom stereocenters. The molecule has 0 heterocycles. The number of aliphatic hydroxyl groups excluding tert-OH is 1. The Hall–Kier alpha value is -2.07. The lowest BCUT2D eigenvalue weighted by Gasteiger charge is -2.39. The second kappa shape index (κ2) is 4.96. The molecule has 2 aromatic carbocycles. The summed E-state index contributed by atoms with van der Waals surface area (Å²) in [5.74, 6) is 0.256. The number of ketones is 1. The van der Waals surface area contributed by atoms with E-state index in [0.717, 1.165) is 10.9 Å². The van der Waals surface area contributed by atoms with Gasteiger partial charge in [0.15, 0.2) is 5.78 Å². The average molecular weight is 314 g/mol. The van der Waals surface area contributed by atoms with Gasteiger partial charge in [-0.3, -0.25) is 4.79 Å². The fourth-order valence-corrected chi connectivity index (χ4v) is 3.69. The summed E-state index contributed by atoms with van der Waals surface area (Å²) < 4.78 is 5.29. The number of hydrogen-bond acceptors (Lipinski definition) is 4. The van der Waals surface area contributed by atoms with Gasteiger partial charge in [0.1, 0.15) is 11.5 Å². The van der Waals surface area contributed by atoms with Gasteiger partial charge in [0.05, 0.1) is 24.2 Å². The Kier molecular flexibility index (Phi) is 3.41. The van der Waals surface area contributed by atoms with Crippen molar-refractivity contribution in [3.8, 4) is 11.5 Å². The Labute approximate surface area is 135 Å². The Balaban J connectivity index is 2.41. The zero-order valence-electron chi connectivity index (χ0n) is 14.1. The number of aromatic hydroxyl groups is 1. The molecule has 0 unspecified atom stereocenters. The van der Waals surface area contributed by atoms with E-state index < -0.39 is 11.5 Å². The van der Waals surface area contributed by atoms with Crippen LogP contribution in [0.5, 0.6) is 11.5 Å². The molecule has 0 saturated carbocycles. The first kappa shape index (κ1) is 15.8. The normalized spacial score (nSPS) is 23.0. The maximum atomic E-state index is 12.8. The number of aliphatic hydroxyl groups is 1. The van der Waals surface area contributed by atoms with Crippen LogP contribution in [0, 0.1) is 12.3 Å². The number of carbonyl (C=O) groups is 1. The molecule has 4 heteroatoms. The van der Waals surface area contributed by atoms with Crippen LogP contribution in [0.2, 0.25) is 0 Å². The SMILES string of the molecule is COc1cc(C)c2c(O)c3c(cc2c1)[C@H](C)[C@@H](O)C(C)(C)C3=O. The quantitative estimate of drug-likeness (QED) is 0.845. The van der Waals surface area contributed by atoms with E-state index in [4.69, 9.17) is 4.74 Å². The topological polar surface area (TPSA) is 66.8 Å². The minimum atomic E-state index is -0.919. The molecule has 3 rings (SSSR count). The van der Waals surface area contributed by atoms with Crippen molar-refractivity contribution in [3.05, 3.63) is 34.9 Å². The highest BCUT2D eigenvalue weighted by Crippen LogP contribution is 2.48. The molecule has 0 saturated heterocycles. The zero-order valence-corrected chi connectivity index (χ0v) is 14.1. The third-order valence-corrected chi connectivity index (χ3v) is 5.16. The minimum Gasteiger partial charge on any atom is -0.507 e. The first-order valence-electron chi connectivity index (χ1n) is 7.77. The lowest BCUT2D eigenvalue weighted by atomic mass is 9.66. The Morgan fingerprint density at radius 3 is 2.48 bits per heavy atom. The predicted molar refractivity (Wildman–Crippen MR) is 89.4 cm³/mol. The summed E-state index contributed by atoms with van der Waals surface area (Å²) >= 11 is 0. The Morgan fingerprint density at radius 1 is 1.22 bits per heavy atom. The van der Waals surface area contributed by atoms with Crippen LogP contribution in [-0.2, 0) is 0 Å². The van der Waals surface area contributed by atoms with Crippen molar-refractivity contribution in [2.75, 3.05) is 7.11 Å². The van der Waals surface area contributed by atoms with Crippen LogP contribution >= 0.6 is 0 Å². The van der Waals surface area contributed by atoms with Crippen LogP contribution in [0.1, 0.15) is 48.2 Å². The number of phenolic OH excluding ortho intramolecular Hbond substituents is 1. The molecule has 0 radical (unpaired) electrons. The summed E-state index contributed by atoms with van der Waals surface area (Å²) in [5.41, 5.74) is 0.967. The van der Waals surface area contributed by atoms with Crippen LogP contribution in [0.3, 0.4) is 0 Å². The third kappa shape index (κ3) is 2.05. The van der Waals surface area contributed by atoms with E-state index in [9.17, 15) is 15.0 Å². The largest absolute Gasteiger partial charge is 0.507 e. The van der Waals surface area contributed by atoms with Crippen molar-refractivity contribution in [2.24, 2.45) is 5.41 Å². The van der Waals surface area contributed by atoms with Gasteiger partial charge < -0.3 is 14.9 Å². The lowest BCUT2D eigenvalue weighted by Crippen LogP contribution is -2.45. The zero-order chi connectivity index (χ0) is 17.1. The number of rotatable bonds is 1. The molecule has 122 valence electrons. The van der Waals surface area contributed by atoms with E-state index in [2.05, 4.69) is 0 Å². The number of phenols is 1. The summed E-state index contributed by atoms with van der Waals surface area (Å²) in [5, 5.41) is 22.8. The molecule has 0 bridgehead atoms. The molecule has 0 fully saturated rings. The van der Waals surface area contributed by atoms with E-state index in [1.165, 1.54) is 0 Å². The number of fused-ring (bicyclic) bond motifs is 2. The molecule has 0 amide bonds. The van der Waals surface area contributed by atoms with Crippen molar-refractivity contribution < 1.29 is 19.7 Å². The van der Waals surface area contributed by atoms with Crippen LogP contribution in [0.4, 0.5) is 0 Å². The van der Waals surface area contributed by atoms with Crippen LogP contribution in [0.15, 0.2) is 18.2 Å². The molecule has 0 aromatic heterocycles. The summed E-state index contributed by atoms with van der Waals surface area (Å²) in [6.45, 7) is 7.22. The standard InChI is InChI=1S/C19H22O4/c1-9-6-12(23-5)7-11-8-13-10(2)17(21)19(3,4)18(22)15(13)16(20)14(9)11/h6-8,10,17,20-21H,1-5H3/t10-,17+/m0/s1. The van der Waals surface area contributed by atoms with Gasteiger partial charge in [0.25, 0.3) is 0 Å². The highest BCUT2D eigenvalue weighted by molar-refractivity contribution is 6.10. The maximum absolute atomic E-state index is 12.8. The second-order valence-electron chi connectivity index (χ2n) is 7.02. The van der Waals surface area contributed by atoms with Gasteiger partial charge in [-0.1, -0.05) is 20.8 Å². The second-order valence-corrected chi connectivity index (χ2v) is 7.02. The van der Waals surface area contributed by atoms with Gasteiger partial charge in [-0.25, -0.2) is 0 Å². The number of ether oxygens (including phenoxy) is 1. The first-order valence-corrected chi connectivity index (χ1v) is 7.77. The molecule has 2 aromatic rings. The van der Waals surface area contributed by atoms with E-state index in [1.54, 1.807) is 21.0 Å². The fraction of sp³-hybridized carbons (Fsp3) is 0.421. The molecule has 1 aliphatic rings. The number of methoxy groups -OCH3 is 1. The molecular weight excluding hydrogens is 292 g/mol. The Morgan fingerprint density at radius 2 is 1.87 bits per heavy atom. The summed E-state index contributed by atoms with van der Waals surface area (Å²) in [7, 11) is 1.59. The monoisotopic (exact) mass is 314 g/mol. The van der Waals surface area contributed by atoms with E-state index in [1.807, 2.05) is 32.0 Å². The predicted octanol–water partition coefficient (Wildman–Crippen LogP) is 3.55. The lowest BCUT2D eigenvalue weighted by molar-refractivity contribution is 0.0227. The number of aryl methyl sites for hydroxylation is 1. The summed E-state index contributed by atoms with van der Waals surface area (Å²) in [6.07, 6.45) is -0.786. The maximum Gasteiger partial charge on any atom is 0.175 e. The van der Waals surface area contributed by atoms with Crippen molar-refractivity contribution in [1.29, 1.82) is 0 Å². The van der Waals surface area contributed by atoms with Crippen molar-refractivity contribution in [2.45, 2.75) is 39.7 Å². The van der Waals surface area contributed by atoms with Crippen molar-refractivity contribution in [1.82, 2.24) is 0 Å². The number of hydrogen-bond donors (Lipinski definition) is 2. The first-order chi connectivity index (χ1) is 10.7. The van der Waals surface area contributed by atoms with Gasteiger partial charge in [-0.15, -0.1) is 0 Å². The minimum absolute atomic E-state index is 0.00878. The molecule has 1 aliphatic carbocycles. The van der Waals surface area contributed by atoms with Crippen molar-refractivity contribution in [3.63, 3.8) is 0 Å². The van der Waals surface area contributed by atoms with Gasteiger partial charge in [0.2, 0.25) is 0 Å². The summed E-state index contributed by atoms with van der Waals surface area (Å²) in [6, 6.07) is 5.57. The summed E-state index contributed by atoms with van der Waals surface area (Å²) in [4.78, 5) is 12.8. The third-order valence-electron chi connectivity index (χ3n) is 5.16. The smallest absolute Gasteiger partial charge is 0.175 e. The molecule has 0 spiro atoms. The van der Waals surface area contributed by atoms with Gasteiger partial charge in [-0.05, 0) is 41.6 Å². The average Bonchev–Trinajstić information content (AvgIpc) is 2.50. The van der Waals surface area contributed by atoms with Crippen LogP contribution in [0.25, 0.3) is 10.8 Å². The molecule has 2 N–H and O–H groups in total. The van der Waals surface area contributed by atoms with Gasteiger partial charge in [-0.2, -0.15) is 0 Å².